The Bertz CT molecular complexity index is 903. The second-order valence-corrected chi connectivity index (χ2v) is 6.48. The van der Waals surface area contributed by atoms with Crippen molar-refractivity contribution in [3.8, 4) is 10.4 Å². The van der Waals surface area contributed by atoms with Crippen LogP contribution in [0.15, 0.2) is 47.8 Å². The third-order valence-corrected chi connectivity index (χ3v) is 4.76. The minimum Gasteiger partial charge on any atom is -0.465 e. The predicted octanol–water partition coefficient (Wildman–Crippen LogP) is 4.17. The van der Waals surface area contributed by atoms with Crippen molar-refractivity contribution in [3.63, 3.8) is 0 Å². The van der Waals surface area contributed by atoms with Crippen LogP contribution in [0.4, 0.5) is 0 Å². The molecule has 0 spiro atoms. The van der Waals surface area contributed by atoms with Crippen molar-refractivity contribution in [3.05, 3.63) is 53.5 Å². The molecule has 1 aromatic carbocycles. The molecule has 0 bridgehead atoms. The number of hydrogen-bond donors (Lipinski definition) is 0. The molecule has 0 aliphatic heterocycles. The molecule has 5 nitrogen and oxygen atoms in total. The Kier molecular flexibility index (Phi) is 5.63. The Morgan fingerprint density at radius 2 is 1.73 bits per heavy atom. The van der Waals surface area contributed by atoms with Gasteiger partial charge in [0, 0.05) is 15.8 Å². The summed E-state index contributed by atoms with van der Waals surface area (Å²) >= 11 is 1.52. The number of para-hydroxylation sites is 1. The summed E-state index contributed by atoms with van der Waals surface area (Å²) in [6.07, 6.45) is 0. The summed E-state index contributed by atoms with van der Waals surface area (Å²) in [4.78, 5) is 30.7. The number of aromatic nitrogens is 1. The lowest BCUT2D eigenvalue weighted by Gasteiger charge is -2.17. The average molecular weight is 369 g/mol. The van der Waals surface area contributed by atoms with E-state index in [2.05, 4.69) is 4.98 Å². The maximum atomic E-state index is 12.6. The molecule has 0 radical (unpaired) electrons. The third-order valence-electron chi connectivity index (χ3n) is 3.86. The molecule has 2 heterocycles. The van der Waals surface area contributed by atoms with Gasteiger partial charge < -0.3 is 9.47 Å². The van der Waals surface area contributed by atoms with Crippen molar-refractivity contribution in [2.24, 2.45) is 0 Å². The van der Waals surface area contributed by atoms with Crippen LogP contribution in [0.5, 0.6) is 0 Å². The SMILES string of the molecule is CCOC(=O)C(C(=O)OCC)c1nc2ccccc2cc1-c1cccs1. The van der Waals surface area contributed by atoms with E-state index < -0.39 is 17.9 Å². The Morgan fingerprint density at radius 3 is 2.35 bits per heavy atom. The van der Waals surface area contributed by atoms with E-state index >= 15 is 0 Å². The van der Waals surface area contributed by atoms with E-state index in [1.807, 2.05) is 47.8 Å². The second-order valence-electron chi connectivity index (χ2n) is 5.53. The van der Waals surface area contributed by atoms with Crippen molar-refractivity contribution in [1.82, 2.24) is 4.98 Å². The monoisotopic (exact) mass is 369 g/mol. The molecule has 2 aromatic heterocycles. The molecule has 0 saturated carbocycles. The number of esters is 2. The number of ether oxygens (including phenoxy) is 2. The van der Waals surface area contributed by atoms with Crippen LogP contribution in [0.3, 0.4) is 0 Å². The number of hydrogen-bond acceptors (Lipinski definition) is 6. The number of carbonyl (C=O) groups excluding carboxylic acids is 2. The highest BCUT2D eigenvalue weighted by atomic mass is 32.1. The van der Waals surface area contributed by atoms with Crippen LogP contribution >= 0.6 is 11.3 Å². The van der Waals surface area contributed by atoms with Crippen LogP contribution in [0.25, 0.3) is 21.3 Å². The maximum Gasteiger partial charge on any atom is 0.326 e. The standard InChI is InChI=1S/C20H19NO4S/c1-3-24-19(22)17(20(23)25-4-2)18-14(16-10-7-11-26-16)12-13-8-5-6-9-15(13)21-18/h5-12,17H,3-4H2,1-2H3. The molecular formula is C20H19NO4S. The Hall–Kier alpha value is -2.73. The van der Waals surface area contributed by atoms with Crippen molar-refractivity contribution in [2.75, 3.05) is 13.2 Å². The zero-order chi connectivity index (χ0) is 18.5. The molecule has 0 aliphatic carbocycles. The predicted molar refractivity (Wildman–Crippen MR) is 101 cm³/mol. The number of benzene rings is 1. The molecule has 3 rings (SSSR count). The van der Waals surface area contributed by atoms with Crippen LogP contribution in [0.1, 0.15) is 25.5 Å². The molecule has 134 valence electrons. The quantitative estimate of drug-likeness (QED) is 0.482. The van der Waals surface area contributed by atoms with E-state index in [9.17, 15) is 9.59 Å². The fourth-order valence-corrected chi connectivity index (χ4v) is 3.50. The lowest BCUT2D eigenvalue weighted by molar-refractivity contribution is -0.157. The van der Waals surface area contributed by atoms with Crippen molar-refractivity contribution >= 4 is 34.2 Å². The van der Waals surface area contributed by atoms with Gasteiger partial charge in [0.15, 0.2) is 5.92 Å². The van der Waals surface area contributed by atoms with Gasteiger partial charge in [0.25, 0.3) is 0 Å². The second kappa shape index (κ2) is 8.10. The molecule has 0 fully saturated rings. The first-order valence-electron chi connectivity index (χ1n) is 8.42. The summed E-state index contributed by atoms with van der Waals surface area (Å²) in [5.41, 5.74) is 1.81. The highest BCUT2D eigenvalue weighted by molar-refractivity contribution is 7.13. The zero-order valence-electron chi connectivity index (χ0n) is 14.6. The van der Waals surface area contributed by atoms with Gasteiger partial charge in [0.2, 0.25) is 0 Å². The van der Waals surface area contributed by atoms with Crippen LogP contribution < -0.4 is 0 Å². The van der Waals surface area contributed by atoms with E-state index in [0.717, 1.165) is 15.8 Å². The van der Waals surface area contributed by atoms with E-state index in [1.54, 1.807) is 13.8 Å². The largest absolute Gasteiger partial charge is 0.465 e. The van der Waals surface area contributed by atoms with Gasteiger partial charge in [-0.05, 0) is 37.4 Å². The van der Waals surface area contributed by atoms with Crippen molar-refractivity contribution in [1.29, 1.82) is 0 Å². The van der Waals surface area contributed by atoms with Crippen molar-refractivity contribution in [2.45, 2.75) is 19.8 Å². The highest BCUT2D eigenvalue weighted by Gasteiger charge is 2.35. The van der Waals surface area contributed by atoms with Gasteiger partial charge in [0.05, 0.1) is 24.4 Å². The van der Waals surface area contributed by atoms with Gasteiger partial charge in [-0.3, -0.25) is 14.6 Å². The molecular weight excluding hydrogens is 350 g/mol. The van der Waals surface area contributed by atoms with Crippen LogP contribution in [-0.4, -0.2) is 30.1 Å². The minimum atomic E-state index is -1.21. The van der Waals surface area contributed by atoms with E-state index in [1.165, 1.54) is 11.3 Å². The molecule has 0 aliphatic rings. The number of carbonyl (C=O) groups is 2. The average Bonchev–Trinajstić information content (AvgIpc) is 3.16. The molecule has 0 amide bonds. The molecule has 0 saturated heterocycles. The van der Waals surface area contributed by atoms with E-state index in [4.69, 9.17) is 9.47 Å². The summed E-state index contributed by atoms with van der Waals surface area (Å²) in [6.45, 7) is 3.76. The van der Waals surface area contributed by atoms with Gasteiger partial charge in [0.1, 0.15) is 0 Å². The number of thiophene rings is 1. The zero-order valence-corrected chi connectivity index (χ0v) is 15.4. The van der Waals surface area contributed by atoms with Gasteiger partial charge in [-0.2, -0.15) is 0 Å². The maximum absolute atomic E-state index is 12.6. The molecule has 0 unspecified atom stereocenters. The topological polar surface area (TPSA) is 65.5 Å². The molecule has 6 heteroatoms. The molecule has 0 N–H and O–H groups in total. The number of pyridine rings is 1. The summed E-state index contributed by atoms with van der Waals surface area (Å²) < 4.78 is 10.3. The summed E-state index contributed by atoms with van der Waals surface area (Å²) in [7, 11) is 0. The minimum absolute atomic E-state index is 0.177. The van der Waals surface area contributed by atoms with E-state index in [0.29, 0.717) is 11.2 Å². The van der Waals surface area contributed by atoms with Crippen LogP contribution in [0.2, 0.25) is 0 Å². The Labute approximate surface area is 155 Å². The highest BCUT2D eigenvalue weighted by Crippen LogP contribution is 2.35. The fraction of sp³-hybridized carbons (Fsp3) is 0.250. The Balaban J connectivity index is 2.22. The number of rotatable bonds is 6. The molecule has 3 aromatic rings. The first-order valence-corrected chi connectivity index (χ1v) is 9.30. The summed E-state index contributed by atoms with van der Waals surface area (Å²) in [5.74, 6) is -2.50. The van der Waals surface area contributed by atoms with Gasteiger partial charge in [-0.1, -0.05) is 24.3 Å². The first-order chi connectivity index (χ1) is 12.7. The van der Waals surface area contributed by atoms with Gasteiger partial charge in [-0.15, -0.1) is 11.3 Å². The Morgan fingerprint density at radius 1 is 1.04 bits per heavy atom. The van der Waals surface area contributed by atoms with Crippen LogP contribution in [-0.2, 0) is 19.1 Å². The summed E-state index contributed by atoms with van der Waals surface area (Å²) in [6, 6.07) is 13.4. The van der Waals surface area contributed by atoms with E-state index in [-0.39, 0.29) is 13.2 Å². The fourth-order valence-electron chi connectivity index (χ4n) is 2.75. The molecule has 26 heavy (non-hydrogen) atoms. The van der Waals surface area contributed by atoms with Gasteiger partial charge in [-0.25, -0.2) is 0 Å². The van der Waals surface area contributed by atoms with Crippen LogP contribution in [0, 0.1) is 0 Å². The smallest absolute Gasteiger partial charge is 0.326 e. The normalized spacial score (nSPS) is 10.9. The lowest BCUT2D eigenvalue weighted by Crippen LogP contribution is -2.27. The summed E-state index contributed by atoms with van der Waals surface area (Å²) in [5, 5.41) is 2.88. The number of nitrogens with zero attached hydrogens (tertiary/aromatic N) is 1. The molecule has 0 atom stereocenters. The van der Waals surface area contributed by atoms with Gasteiger partial charge >= 0.3 is 11.9 Å². The number of fused-ring (bicyclic) bond motifs is 1. The third kappa shape index (κ3) is 3.60. The lowest BCUT2D eigenvalue weighted by atomic mass is 9.97. The first kappa shape index (κ1) is 18.1. The van der Waals surface area contributed by atoms with Crippen molar-refractivity contribution < 1.29 is 19.1 Å².